The number of carbonyl (C=O) groups excluding carboxylic acids is 2. The first-order chi connectivity index (χ1) is 11.1. The van der Waals surface area contributed by atoms with Gasteiger partial charge in [-0.05, 0) is 40.0 Å². The molecule has 7 nitrogen and oxygen atoms in total. The number of aryl methyl sites for hydroxylation is 2. The lowest BCUT2D eigenvalue weighted by Gasteiger charge is -2.07. The van der Waals surface area contributed by atoms with Gasteiger partial charge < -0.3 is 16.4 Å². The number of nitrogens with zero attached hydrogens (tertiary/aromatic N) is 2. The van der Waals surface area contributed by atoms with Gasteiger partial charge in [-0.25, -0.2) is 0 Å². The number of rotatable bonds is 7. The number of nitrogens with two attached hydrogens (primary N) is 1. The predicted molar refractivity (Wildman–Crippen MR) is 98.0 cm³/mol. The molecule has 0 bridgehead atoms. The minimum Gasteiger partial charge on any atom is -0.346 e. The first-order valence-corrected chi connectivity index (χ1v) is 7.89. The van der Waals surface area contributed by atoms with Crippen molar-refractivity contribution in [2.24, 2.45) is 5.73 Å². The summed E-state index contributed by atoms with van der Waals surface area (Å²) >= 11 is 3.36. The molecule has 4 N–H and O–H groups in total. The second kappa shape index (κ2) is 10.1. The number of aromatic nitrogens is 2. The highest BCUT2D eigenvalue weighted by Crippen LogP contribution is 2.11. The monoisotopic (exact) mass is 415 g/mol. The smallest absolute Gasteiger partial charge is 0.243 e. The summed E-state index contributed by atoms with van der Waals surface area (Å²) < 4.78 is 2.82. The summed E-state index contributed by atoms with van der Waals surface area (Å²) in [5.41, 5.74) is 6.97. The molecule has 2 rings (SSSR count). The number of carbonyl (C=O) groups is 2. The zero-order chi connectivity index (χ0) is 16.7. The van der Waals surface area contributed by atoms with Crippen LogP contribution in [0, 0.1) is 0 Å². The Morgan fingerprint density at radius 1 is 1.21 bits per heavy atom. The van der Waals surface area contributed by atoms with Crippen LogP contribution in [0.2, 0.25) is 0 Å². The molecular formula is C15H19BrClN5O2. The summed E-state index contributed by atoms with van der Waals surface area (Å²) in [6, 6.07) is 7.56. The van der Waals surface area contributed by atoms with Gasteiger partial charge in [-0.15, -0.1) is 12.4 Å². The van der Waals surface area contributed by atoms with Gasteiger partial charge in [0.05, 0.1) is 23.8 Å². The van der Waals surface area contributed by atoms with Crippen molar-refractivity contribution in [3.05, 3.63) is 46.7 Å². The third-order valence-corrected chi connectivity index (χ3v) is 3.51. The van der Waals surface area contributed by atoms with Crippen molar-refractivity contribution in [2.45, 2.75) is 13.0 Å². The van der Waals surface area contributed by atoms with Crippen LogP contribution >= 0.6 is 28.3 Å². The summed E-state index contributed by atoms with van der Waals surface area (Å²) in [4.78, 5) is 22.6. The molecule has 0 aliphatic carbocycles. The predicted octanol–water partition coefficient (Wildman–Crippen LogP) is 1.32. The van der Waals surface area contributed by atoms with Gasteiger partial charge in [-0.1, -0.05) is 12.1 Å². The van der Waals surface area contributed by atoms with Gasteiger partial charge in [0.25, 0.3) is 0 Å². The van der Waals surface area contributed by atoms with Crippen LogP contribution in [-0.4, -0.2) is 34.7 Å². The van der Waals surface area contributed by atoms with E-state index < -0.39 is 0 Å². The summed E-state index contributed by atoms with van der Waals surface area (Å²) in [7, 11) is 0. The number of benzene rings is 1. The van der Waals surface area contributed by atoms with E-state index >= 15 is 0 Å². The Bertz CT molecular complexity index is 675. The Morgan fingerprint density at radius 2 is 1.92 bits per heavy atom. The van der Waals surface area contributed by atoms with Crippen LogP contribution in [0.5, 0.6) is 0 Å². The molecule has 1 aromatic heterocycles. The fraction of sp³-hybridized carbons (Fsp3) is 0.267. The van der Waals surface area contributed by atoms with Crippen molar-refractivity contribution >= 4 is 45.8 Å². The van der Waals surface area contributed by atoms with E-state index in [9.17, 15) is 9.59 Å². The Morgan fingerprint density at radius 3 is 2.50 bits per heavy atom. The van der Waals surface area contributed by atoms with Gasteiger partial charge >= 0.3 is 0 Å². The zero-order valence-corrected chi connectivity index (χ0v) is 15.3. The van der Waals surface area contributed by atoms with Crippen LogP contribution in [0.1, 0.15) is 5.56 Å². The number of amides is 2. The van der Waals surface area contributed by atoms with Crippen molar-refractivity contribution in [3.8, 4) is 0 Å². The van der Waals surface area contributed by atoms with E-state index in [0.717, 1.165) is 23.0 Å². The fourth-order valence-corrected chi connectivity index (χ4v) is 2.24. The third kappa shape index (κ3) is 6.69. The van der Waals surface area contributed by atoms with Crippen molar-refractivity contribution in [1.82, 2.24) is 15.1 Å². The third-order valence-electron chi connectivity index (χ3n) is 3.10. The molecule has 0 fully saturated rings. The molecule has 1 heterocycles. The molecule has 0 spiro atoms. The summed E-state index contributed by atoms with van der Waals surface area (Å²) in [5.74, 6) is -0.651. The maximum absolute atomic E-state index is 11.6. The van der Waals surface area contributed by atoms with E-state index in [1.807, 2.05) is 35.1 Å². The normalized spacial score (nSPS) is 9.92. The van der Waals surface area contributed by atoms with Gasteiger partial charge in [0, 0.05) is 18.4 Å². The number of nitrogens with one attached hydrogen (secondary N) is 2. The molecule has 0 saturated heterocycles. The van der Waals surface area contributed by atoms with Gasteiger partial charge in [-0.2, -0.15) is 5.10 Å². The molecule has 2 aromatic rings. The van der Waals surface area contributed by atoms with Crippen LogP contribution in [0.25, 0.3) is 0 Å². The molecule has 0 radical (unpaired) electrons. The molecule has 0 unspecified atom stereocenters. The quantitative estimate of drug-likeness (QED) is 0.633. The van der Waals surface area contributed by atoms with Crippen LogP contribution < -0.4 is 16.4 Å². The van der Waals surface area contributed by atoms with Crippen molar-refractivity contribution < 1.29 is 9.59 Å². The van der Waals surface area contributed by atoms with Crippen molar-refractivity contribution in [2.75, 3.05) is 18.4 Å². The maximum Gasteiger partial charge on any atom is 0.243 e. The van der Waals surface area contributed by atoms with Gasteiger partial charge in [0.1, 0.15) is 0 Å². The molecule has 0 atom stereocenters. The minimum atomic E-state index is -0.360. The first kappa shape index (κ1) is 20.1. The molecular weight excluding hydrogens is 398 g/mol. The largest absolute Gasteiger partial charge is 0.346 e. The Labute approximate surface area is 154 Å². The number of halogens is 2. The highest BCUT2D eigenvalue weighted by Gasteiger charge is 2.04. The standard InChI is InChI=1S/C15H18BrN5O2.ClH/c16-12-8-19-21(10-12)6-5-11-1-3-13(4-2-11)20-15(23)9-18-14(22)7-17;/h1-4,8,10H,5-7,9,17H2,(H,18,22)(H,20,23);1H. The highest BCUT2D eigenvalue weighted by atomic mass is 79.9. The van der Waals surface area contributed by atoms with Crippen molar-refractivity contribution in [1.29, 1.82) is 0 Å². The van der Waals surface area contributed by atoms with Crippen LogP contribution in [-0.2, 0) is 22.6 Å². The van der Waals surface area contributed by atoms with Crippen molar-refractivity contribution in [3.63, 3.8) is 0 Å². The zero-order valence-electron chi connectivity index (χ0n) is 12.9. The second-order valence-electron chi connectivity index (χ2n) is 4.90. The molecule has 130 valence electrons. The minimum absolute atomic E-state index is 0. The van der Waals surface area contributed by atoms with E-state index in [1.54, 1.807) is 6.20 Å². The fourth-order valence-electron chi connectivity index (χ4n) is 1.92. The summed E-state index contributed by atoms with van der Waals surface area (Å²) in [6.07, 6.45) is 4.52. The molecule has 24 heavy (non-hydrogen) atoms. The first-order valence-electron chi connectivity index (χ1n) is 7.10. The Hall–Kier alpha value is -1.90. The van der Waals surface area contributed by atoms with E-state index in [1.165, 1.54) is 0 Å². The molecule has 2 amide bonds. The summed E-state index contributed by atoms with van der Waals surface area (Å²) in [5, 5.41) is 9.32. The average Bonchev–Trinajstić information content (AvgIpc) is 2.97. The Balaban J connectivity index is 0.00000288. The van der Waals surface area contributed by atoms with Gasteiger partial charge in [0.2, 0.25) is 11.8 Å². The number of anilines is 1. The van der Waals surface area contributed by atoms with Crippen LogP contribution in [0.15, 0.2) is 41.1 Å². The molecule has 0 saturated carbocycles. The van der Waals surface area contributed by atoms with Crippen LogP contribution in [0.4, 0.5) is 5.69 Å². The molecule has 0 aliphatic heterocycles. The lowest BCUT2D eigenvalue weighted by Crippen LogP contribution is -2.36. The van der Waals surface area contributed by atoms with Gasteiger partial charge in [0.15, 0.2) is 0 Å². The van der Waals surface area contributed by atoms with E-state index in [2.05, 4.69) is 31.7 Å². The highest BCUT2D eigenvalue weighted by molar-refractivity contribution is 9.10. The topological polar surface area (TPSA) is 102 Å². The summed E-state index contributed by atoms with van der Waals surface area (Å²) in [6.45, 7) is 0.559. The SMILES string of the molecule is Cl.NCC(=O)NCC(=O)Nc1ccc(CCn2cc(Br)cn2)cc1. The van der Waals surface area contributed by atoms with Crippen LogP contribution in [0.3, 0.4) is 0 Å². The lowest BCUT2D eigenvalue weighted by atomic mass is 10.1. The van der Waals surface area contributed by atoms with E-state index in [-0.39, 0.29) is 37.3 Å². The molecule has 0 aliphatic rings. The second-order valence-corrected chi connectivity index (χ2v) is 5.81. The van der Waals surface area contributed by atoms with E-state index in [4.69, 9.17) is 5.73 Å². The van der Waals surface area contributed by atoms with Gasteiger partial charge in [-0.3, -0.25) is 14.3 Å². The maximum atomic E-state index is 11.6. The average molecular weight is 417 g/mol. The molecule has 1 aromatic carbocycles. The van der Waals surface area contributed by atoms with E-state index in [0.29, 0.717) is 5.69 Å². The number of hydrogen-bond acceptors (Lipinski definition) is 4. The molecule has 9 heteroatoms. The number of hydrogen-bond donors (Lipinski definition) is 3. The Kier molecular flexibility index (Phi) is 8.45. The lowest BCUT2D eigenvalue weighted by molar-refractivity contribution is -0.123.